The van der Waals surface area contributed by atoms with Gasteiger partial charge in [-0.2, -0.15) is 18.0 Å². The second kappa shape index (κ2) is 11.2. The number of hydrogen-bond donors (Lipinski definition) is 2. The number of carbonyl (C=O) groups is 1. The average molecular weight is 600 g/mol. The zero-order valence-corrected chi connectivity index (χ0v) is 24.0. The fourth-order valence-corrected chi connectivity index (χ4v) is 6.54. The zero-order chi connectivity index (χ0) is 27.9. The number of rotatable bonds is 6. The highest BCUT2D eigenvalue weighted by molar-refractivity contribution is 7.84. The van der Waals surface area contributed by atoms with Crippen molar-refractivity contribution in [3.05, 3.63) is 51.8 Å². The molecule has 1 aromatic carbocycles. The van der Waals surface area contributed by atoms with Crippen molar-refractivity contribution >= 4 is 56.3 Å². The molecule has 0 radical (unpaired) electrons. The molecule has 3 unspecified atom stereocenters. The van der Waals surface area contributed by atoms with Crippen LogP contribution in [0.5, 0.6) is 0 Å². The molecule has 39 heavy (non-hydrogen) atoms. The third kappa shape index (κ3) is 5.99. The van der Waals surface area contributed by atoms with Gasteiger partial charge in [0.05, 0.1) is 24.0 Å². The lowest BCUT2D eigenvalue weighted by Crippen LogP contribution is -2.81. The standard InChI is InChI=1S/C25H30Cl2FN7O3S/c1-15-4-3-8-34(25(36)18-10-16(26)5-6-19(18)32-39(2,37)38)24(15)20-11-22-30-21(27)12-23(35(22)31-20)33-9-7-29-17(13-28)14-33/h5-6,10-12,15,17,24,29,32H,3-4,7-9,13-14H2,1-2H3/p+1. The molecule has 210 valence electrons. The summed E-state index contributed by atoms with van der Waals surface area (Å²) in [4.78, 5) is 22.2. The van der Waals surface area contributed by atoms with E-state index in [1.165, 1.54) is 6.07 Å². The van der Waals surface area contributed by atoms with Crippen LogP contribution in [0.25, 0.3) is 5.65 Å². The van der Waals surface area contributed by atoms with Crippen LogP contribution in [0.2, 0.25) is 10.2 Å². The van der Waals surface area contributed by atoms with Gasteiger partial charge in [-0.1, -0.05) is 30.1 Å². The first-order chi connectivity index (χ1) is 18.5. The van der Waals surface area contributed by atoms with Crippen molar-refractivity contribution < 1.29 is 22.3 Å². The quantitative estimate of drug-likeness (QED) is 0.331. The van der Waals surface area contributed by atoms with Crippen molar-refractivity contribution in [3.8, 4) is 0 Å². The first kappa shape index (κ1) is 28.0. The molecule has 2 aliphatic rings. The predicted octanol–water partition coefficient (Wildman–Crippen LogP) is 2.55. The molecule has 0 aliphatic carbocycles. The average Bonchev–Trinajstić information content (AvgIpc) is 3.31. The fourth-order valence-electron chi connectivity index (χ4n) is 5.52. The third-order valence-corrected chi connectivity index (χ3v) is 8.36. The number of anilines is 1. The van der Waals surface area contributed by atoms with E-state index in [4.69, 9.17) is 28.3 Å². The minimum atomic E-state index is -3.50. The van der Waals surface area contributed by atoms with Gasteiger partial charge in [0.2, 0.25) is 0 Å². The number of likely N-dealkylation sites (tertiary alicyclic amines) is 1. The van der Waals surface area contributed by atoms with Gasteiger partial charge in [-0.15, -0.1) is 0 Å². The number of amides is 1. The second-order valence-corrected chi connectivity index (χ2v) is 13.0. The van der Waals surface area contributed by atoms with Crippen LogP contribution in [0.4, 0.5) is 15.9 Å². The maximum atomic E-state index is 14.0. The molecule has 1 amide bonds. The van der Waals surface area contributed by atoms with Crippen molar-refractivity contribution in [1.29, 1.82) is 0 Å². The number of sulfonamides is 1. The number of hydrogen-bond acceptors (Lipinski definition) is 7. The Kier molecular flexibility index (Phi) is 8.03. The number of aromatic nitrogens is 3. The van der Waals surface area contributed by atoms with Crippen molar-refractivity contribution in [1.82, 2.24) is 24.8 Å². The van der Waals surface area contributed by atoms with E-state index in [1.807, 2.05) is 11.0 Å². The zero-order valence-electron chi connectivity index (χ0n) is 21.6. The van der Waals surface area contributed by atoms with Crippen LogP contribution in [0.3, 0.4) is 0 Å². The lowest BCUT2D eigenvalue weighted by molar-refractivity contribution is -0.396. The highest BCUT2D eigenvalue weighted by atomic mass is 35.5. The number of nitrogens with two attached hydrogens (primary N) is 1. The highest BCUT2D eigenvalue weighted by Gasteiger charge is 2.37. The lowest BCUT2D eigenvalue weighted by Gasteiger charge is -2.39. The van der Waals surface area contributed by atoms with Crippen LogP contribution in [0, 0.1) is 5.92 Å². The van der Waals surface area contributed by atoms with Gasteiger partial charge in [0.15, 0.2) is 11.3 Å². The SMILES string of the molecule is CC1CCCN(C(=O)c2cc(Cl)ccc2[NH2+]S(C)(=O)=O)C1c1cc2nc(Cl)cc(N3CCNC(CF)C3)n2n1. The first-order valence-electron chi connectivity index (χ1n) is 12.8. The molecule has 3 atom stereocenters. The summed E-state index contributed by atoms with van der Waals surface area (Å²) in [6.07, 6.45) is 2.77. The molecule has 2 saturated heterocycles. The number of halogens is 3. The third-order valence-electron chi connectivity index (χ3n) is 7.25. The van der Waals surface area contributed by atoms with Crippen LogP contribution in [0.15, 0.2) is 30.3 Å². The second-order valence-electron chi connectivity index (χ2n) is 10.3. The molecule has 5 rings (SSSR count). The van der Waals surface area contributed by atoms with Crippen molar-refractivity contribution in [2.24, 2.45) is 5.92 Å². The number of nitrogens with one attached hydrogen (secondary N) is 1. The Morgan fingerprint density at radius 2 is 2.03 bits per heavy atom. The van der Waals surface area contributed by atoms with E-state index in [2.05, 4.69) is 17.2 Å². The molecular weight excluding hydrogens is 568 g/mol. The molecule has 10 nitrogen and oxygen atoms in total. The summed E-state index contributed by atoms with van der Waals surface area (Å²) in [7, 11) is -3.50. The van der Waals surface area contributed by atoms with Crippen LogP contribution in [-0.4, -0.2) is 79.0 Å². The molecule has 4 heterocycles. The van der Waals surface area contributed by atoms with Crippen molar-refractivity contribution in [2.45, 2.75) is 31.8 Å². The molecule has 3 aromatic rings. The number of nitrogens with zero attached hydrogens (tertiary/aromatic N) is 5. The van der Waals surface area contributed by atoms with Gasteiger partial charge < -0.3 is 15.1 Å². The van der Waals surface area contributed by atoms with E-state index in [-0.39, 0.29) is 35.2 Å². The van der Waals surface area contributed by atoms with E-state index in [0.717, 1.165) is 23.8 Å². The Morgan fingerprint density at radius 3 is 2.77 bits per heavy atom. The number of piperidine rings is 1. The van der Waals surface area contributed by atoms with E-state index < -0.39 is 16.7 Å². The van der Waals surface area contributed by atoms with E-state index in [1.54, 1.807) is 27.6 Å². The number of fused-ring (bicyclic) bond motifs is 1. The molecule has 0 bridgehead atoms. The normalized spacial score (nSPS) is 22.4. The van der Waals surface area contributed by atoms with Gasteiger partial charge in [-0.25, -0.2) is 14.1 Å². The van der Waals surface area contributed by atoms with E-state index in [0.29, 0.717) is 53.5 Å². The largest absolute Gasteiger partial charge is 0.353 e. The maximum absolute atomic E-state index is 14.0. The Labute approximate surface area is 236 Å². The maximum Gasteiger partial charge on any atom is 0.295 e. The van der Waals surface area contributed by atoms with E-state index >= 15 is 0 Å². The minimum absolute atomic E-state index is 0.0724. The fraction of sp³-hybridized carbons (Fsp3) is 0.480. The van der Waals surface area contributed by atoms with Crippen molar-refractivity contribution in [3.63, 3.8) is 0 Å². The lowest BCUT2D eigenvalue weighted by atomic mass is 9.88. The summed E-state index contributed by atoms with van der Waals surface area (Å²) in [6.45, 7) is 3.79. The summed E-state index contributed by atoms with van der Waals surface area (Å²) in [5.41, 5.74) is 1.69. The molecule has 0 spiro atoms. The first-order valence-corrected chi connectivity index (χ1v) is 15.5. The number of primary sulfonamides is 1. The van der Waals surface area contributed by atoms with Crippen molar-refractivity contribution in [2.75, 3.05) is 44.0 Å². The smallest absolute Gasteiger partial charge is 0.295 e. The number of alkyl halides is 1. The van der Waals surface area contributed by atoms with Crippen LogP contribution in [0.1, 0.15) is 41.9 Å². The summed E-state index contributed by atoms with van der Waals surface area (Å²) >= 11 is 12.6. The molecule has 2 fully saturated rings. The molecular formula is C25H31Cl2FN7O3S+. The molecule has 2 aliphatic heterocycles. The Hall–Kier alpha value is -2.51. The van der Waals surface area contributed by atoms with Gasteiger partial charge in [-0.05, 0) is 30.9 Å². The Balaban J connectivity index is 1.55. The topological polar surface area (TPSA) is 117 Å². The Morgan fingerprint density at radius 1 is 1.23 bits per heavy atom. The number of benzene rings is 1. The minimum Gasteiger partial charge on any atom is -0.353 e. The number of carbonyl (C=O) groups excluding carboxylic acids is 1. The Bertz CT molecular complexity index is 1500. The summed E-state index contributed by atoms with van der Waals surface area (Å²) in [5.74, 6) is 0.459. The van der Waals surface area contributed by atoms with E-state index in [9.17, 15) is 17.6 Å². The monoisotopic (exact) mass is 598 g/mol. The van der Waals surface area contributed by atoms with Gasteiger partial charge in [0, 0.05) is 49.4 Å². The molecule has 0 saturated carbocycles. The number of quaternary nitrogens is 1. The summed E-state index contributed by atoms with van der Waals surface area (Å²) in [6, 6.07) is 7.49. The van der Waals surface area contributed by atoms with Crippen LogP contribution in [-0.2, 0) is 10.0 Å². The van der Waals surface area contributed by atoms with Crippen LogP contribution < -0.4 is 14.9 Å². The predicted molar refractivity (Wildman–Crippen MR) is 148 cm³/mol. The summed E-state index contributed by atoms with van der Waals surface area (Å²) in [5, 5.41) is 8.69. The highest BCUT2D eigenvalue weighted by Crippen LogP contribution is 2.38. The van der Waals surface area contributed by atoms with Crippen LogP contribution >= 0.6 is 23.2 Å². The van der Waals surface area contributed by atoms with Gasteiger partial charge in [0.25, 0.3) is 15.9 Å². The van der Waals surface area contributed by atoms with Gasteiger partial charge in [-0.3, -0.25) is 4.79 Å². The summed E-state index contributed by atoms with van der Waals surface area (Å²) < 4.78 is 40.3. The molecule has 14 heteroatoms. The van der Waals surface area contributed by atoms with Gasteiger partial charge >= 0.3 is 0 Å². The molecule has 3 N–H and O–H groups in total. The molecule has 2 aromatic heterocycles. The number of piperazine rings is 1. The van der Waals surface area contributed by atoms with Gasteiger partial charge in [0.1, 0.15) is 23.2 Å².